The summed E-state index contributed by atoms with van der Waals surface area (Å²) in [5, 5.41) is 14.8. The van der Waals surface area contributed by atoms with Crippen molar-refractivity contribution < 1.29 is 23.1 Å². The molecule has 0 aliphatic heterocycles. The highest BCUT2D eigenvalue weighted by Crippen LogP contribution is 2.29. The molecule has 0 amide bonds. The van der Waals surface area contributed by atoms with Gasteiger partial charge in [0, 0.05) is 23.6 Å². The number of rotatable bonds is 7. The van der Waals surface area contributed by atoms with Gasteiger partial charge in [-0.3, -0.25) is 0 Å². The van der Waals surface area contributed by atoms with Crippen molar-refractivity contribution in [1.82, 2.24) is 15.0 Å². The minimum absolute atomic E-state index is 0.164. The second kappa shape index (κ2) is 8.99. The van der Waals surface area contributed by atoms with Crippen LogP contribution in [0.2, 0.25) is 0 Å². The smallest absolute Gasteiger partial charge is 0.433 e. The first-order valence-electron chi connectivity index (χ1n) is 9.40. The molecule has 1 atom stereocenters. The molecule has 0 unspecified atom stereocenters. The highest BCUT2D eigenvalue weighted by atomic mass is 19.4. The number of aromatic nitrogens is 3. The number of aryl methyl sites for hydroxylation is 1. The van der Waals surface area contributed by atoms with E-state index in [1.807, 2.05) is 13.0 Å². The van der Waals surface area contributed by atoms with Gasteiger partial charge in [0.15, 0.2) is 0 Å². The predicted octanol–water partition coefficient (Wildman–Crippen LogP) is 4.88. The van der Waals surface area contributed by atoms with E-state index in [0.29, 0.717) is 17.9 Å². The van der Waals surface area contributed by atoms with Crippen molar-refractivity contribution in [3.63, 3.8) is 0 Å². The van der Waals surface area contributed by atoms with Crippen molar-refractivity contribution in [3.8, 4) is 11.1 Å². The summed E-state index contributed by atoms with van der Waals surface area (Å²) in [6.07, 6.45) is -1.51. The second-order valence-electron chi connectivity index (χ2n) is 6.85. The molecule has 0 aliphatic carbocycles. The molecular weight excluding hydrogens is 411 g/mol. The summed E-state index contributed by atoms with van der Waals surface area (Å²) in [5.41, 5.74) is 1.89. The van der Waals surface area contributed by atoms with Crippen LogP contribution >= 0.6 is 0 Å². The summed E-state index contributed by atoms with van der Waals surface area (Å²) in [7, 11) is 0. The maximum absolute atomic E-state index is 12.9. The topological polar surface area (TPSA) is 100 Å². The molecule has 2 heterocycles. The molecule has 1 aromatic carbocycles. The molecule has 0 bridgehead atoms. The summed E-state index contributed by atoms with van der Waals surface area (Å²) in [6.45, 7) is 3.61. The van der Waals surface area contributed by atoms with E-state index in [1.165, 1.54) is 0 Å². The molecular formula is C21H20F3N5O2. The van der Waals surface area contributed by atoms with Crippen LogP contribution in [0, 0.1) is 6.92 Å². The zero-order valence-electron chi connectivity index (χ0n) is 16.7. The van der Waals surface area contributed by atoms with Gasteiger partial charge in [0.05, 0.1) is 0 Å². The van der Waals surface area contributed by atoms with Gasteiger partial charge in [-0.1, -0.05) is 13.0 Å². The molecule has 3 aromatic rings. The van der Waals surface area contributed by atoms with Crippen LogP contribution in [-0.2, 0) is 11.0 Å². The monoisotopic (exact) mass is 431 g/mol. The van der Waals surface area contributed by atoms with Crippen LogP contribution in [0.25, 0.3) is 11.1 Å². The summed E-state index contributed by atoms with van der Waals surface area (Å²) in [6, 6.07) is 8.92. The van der Waals surface area contributed by atoms with E-state index in [4.69, 9.17) is 5.11 Å². The Bertz CT molecular complexity index is 1070. The fraction of sp³-hybridized carbons (Fsp3) is 0.238. The summed E-state index contributed by atoms with van der Waals surface area (Å²) >= 11 is 0. The number of anilines is 3. The minimum atomic E-state index is -4.56. The third-order valence-electron chi connectivity index (χ3n) is 4.40. The molecule has 0 aliphatic rings. The molecule has 10 heteroatoms. The van der Waals surface area contributed by atoms with Gasteiger partial charge in [-0.25, -0.2) is 19.7 Å². The van der Waals surface area contributed by atoms with E-state index in [-0.39, 0.29) is 5.95 Å². The van der Waals surface area contributed by atoms with E-state index in [2.05, 4.69) is 25.6 Å². The lowest BCUT2D eigenvalue weighted by molar-refractivity contribution is -0.141. The van der Waals surface area contributed by atoms with Gasteiger partial charge >= 0.3 is 12.1 Å². The first-order chi connectivity index (χ1) is 14.7. The van der Waals surface area contributed by atoms with Crippen molar-refractivity contribution in [3.05, 3.63) is 60.0 Å². The maximum atomic E-state index is 12.9. The van der Waals surface area contributed by atoms with Gasteiger partial charge in [0.1, 0.15) is 17.6 Å². The van der Waals surface area contributed by atoms with Gasteiger partial charge in [-0.2, -0.15) is 13.2 Å². The number of nitrogens with one attached hydrogen (secondary N) is 2. The molecule has 2 aromatic heterocycles. The van der Waals surface area contributed by atoms with Crippen LogP contribution in [0.3, 0.4) is 0 Å². The molecule has 0 spiro atoms. The maximum Gasteiger partial charge on any atom is 0.433 e. The third-order valence-corrected chi connectivity index (χ3v) is 4.40. The third kappa shape index (κ3) is 5.68. The van der Waals surface area contributed by atoms with Crippen LogP contribution in [0.1, 0.15) is 24.6 Å². The normalized spacial score (nSPS) is 12.3. The van der Waals surface area contributed by atoms with Crippen molar-refractivity contribution in [2.24, 2.45) is 0 Å². The molecule has 162 valence electrons. The predicted molar refractivity (Wildman–Crippen MR) is 110 cm³/mol. The fourth-order valence-electron chi connectivity index (χ4n) is 2.89. The van der Waals surface area contributed by atoms with Crippen molar-refractivity contribution in [1.29, 1.82) is 0 Å². The molecule has 0 saturated carbocycles. The number of carboxylic acid groups (broad SMARTS) is 1. The lowest BCUT2D eigenvalue weighted by atomic mass is 10.0. The van der Waals surface area contributed by atoms with E-state index in [1.54, 1.807) is 37.4 Å². The Morgan fingerprint density at radius 2 is 1.90 bits per heavy atom. The van der Waals surface area contributed by atoms with Crippen molar-refractivity contribution >= 4 is 23.4 Å². The highest BCUT2D eigenvalue weighted by molar-refractivity contribution is 5.77. The van der Waals surface area contributed by atoms with Crippen LogP contribution < -0.4 is 10.6 Å². The molecule has 0 saturated heterocycles. The van der Waals surface area contributed by atoms with Gasteiger partial charge in [0.2, 0.25) is 5.95 Å². The molecule has 3 N–H and O–H groups in total. The van der Waals surface area contributed by atoms with Gasteiger partial charge in [0.25, 0.3) is 0 Å². The number of alkyl halides is 3. The summed E-state index contributed by atoms with van der Waals surface area (Å²) in [4.78, 5) is 22.8. The number of benzene rings is 1. The number of aliphatic carboxylic acids is 1. The van der Waals surface area contributed by atoms with Crippen LogP contribution in [0.4, 0.5) is 30.6 Å². The van der Waals surface area contributed by atoms with E-state index in [9.17, 15) is 18.0 Å². The SMILES string of the molecule is CC[C@H](Nc1ccc(-c2cc(C)cc(Nc3nccc(C(F)(F)F)n3)c2)cn1)C(=O)O. The number of hydrogen-bond donors (Lipinski definition) is 3. The van der Waals surface area contributed by atoms with E-state index in [0.717, 1.165) is 29.0 Å². The zero-order chi connectivity index (χ0) is 22.6. The standard InChI is InChI=1S/C21H20F3N5O2/c1-3-16(19(30)31)28-18-5-4-13(11-26-18)14-8-12(2)9-15(10-14)27-20-25-7-6-17(29-20)21(22,23)24/h4-11,16H,3H2,1-2H3,(H,26,28)(H,30,31)(H,25,27,29)/t16-/m0/s1. The molecule has 0 fully saturated rings. The zero-order valence-corrected chi connectivity index (χ0v) is 16.7. The molecule has 3 rings (SSSR count). The number of carboxylic acids is 1. The molecule has 0 radical (unpaired) electrons. The fourth-order valence-corrected chi connectivity index (χ4v) is 2.89. The Labute approximate surface area is 176 Å². The number of halogens is 3. The van der Waals surface area contributed by atoms with Crippen LogP contribution in [0.5, 0.6) is 0 Å². The number of pyridine rings is 1. The highest BCUT2D eigenvalue weighted by Gasteiger charge is 2.32. The quantitative estimate of drug-likeness (QED) is 0.490. The Balaban J connectivity index is 1.82. The van der Waals surface area contributed by atoms with Gasteiger partial charge in [-0.15, -0.1) is 0 Å². The molecule has 31 heavy (non-hydrogen) atoms. The van der Waals surface area contributed by atoms with Crippen LogP contribution in [-0.4, -0.2) is 32.1 Å². The van der Waals surface area contributed by atoms with E-state index >= 15 is 0 Å². The summed E-state index contributed by atoms with van der Waals surface area (Å²) in [5.74, 6) is -0.690. The minimum Gasteiger partial charge on any atom is -0.480 e. The first-order valence-corrected chi connectivity index (χ1v) is 9.40. The summed E-state index contributed by atoms with van der Waals surface area (Å²) < 4.78 is 38.6. The first kappa shape index (κ1) is 22.0. The Hall–Kier alpha value is -3.69. The largest absolute Gasteiger partial charge is 0.480 e. The molecule has 7 nitrogen and oxygen atoms in total. The Morgan fingerprint density at radius 1 is 1.13 bits per heavy atom. The Kier molecular flexibility index (Phi) is 6.38. The van der Waals surface area contributed by atoms with Crippen molar-refractivity contribution in [2.45, 2.75) is 32.5 Å². The Morgan fingerprint density at radius 3 is 2.52 bits per heavy atom. The van der Waals surface area contributed by atoms with Crippen molar-refractivity contribution in [2.75, 3.05) is 10.6 Å². The van der Waals surface area contributed by atoms with Gasteiger partial charge in [-0.05, 0) is 54.8 Å². The lowest BCUT2D eigenvalue weighted by Crippen LogP contribution is -2.28. The average molecular weight is 431 g/mol. The average Bonchev–Trinajstić information content (AvgIpc) is 2.71. The number of hydrogen-bond acceptors (Lipinski definition) is 6. The number of nitrogens with zero attached hydrogens (tertiary/aromatic N) is 3. The van der Waals surface area contributed by atoms with Gasteiger partial charge < -0.3 is 15.7 Å². The van der Waals surface area contributed by atoms with E-state index < -0.39 is 23.9 Å². The second-order valence-corrected chi connectivity index (χ2v) is 6.85. The number of carbonyl (C=O) groups is 1. The van der Waals surface area contributed by atoms with Crippen LogP contribution in [0.15, 0.2) is 48.8 Å². The lowest BCUT2D eigenvalue weighted by Gasteiger charge is -2.14.